The third kappa shape index (κ3) is 4.25. The first-order valence-corrected chi connectivity index (χ1v) is 6.80. The van der Waals surface area contributed by atoms with Crippen molar-refractivity contribution in [3.8, 4) is 11.8 Å². The summed E-state index contributed by atoms with van der Waals surface area (Å²) in [6, 6.07) is 14.9. The molecule has 2 aromatic rings. The Kier molecular flexibility index (Phi) is 4.85. The molecule has 0 aliphatic heterocycles. The summed E-state index contributed by atoms with van der Waals surface area (Å²) in [4.78, 5) is 13.8. The van der Waals surface area contributed by atoms with E-state index in [0.29, 0.717) is 11.4 Å². The molecule has 0 spiro atoms. The number of amides is 1. The lowest BCUT2D eigenvalue weighted by Gasteiger charge is -2.15. The average molecular weight is 308 g/mol. The number of nitrogens with two attached hydrogens (primary N) is 1. The van der Waals surface area contributed by atoms with E-state index in [9.17, 15) is 15.2 Å². The van der Waals surface area contributed by atoms with Gasteiger partial charge < -0.3 is 21.1 Å². The molecular weight excluding hydrogens is 292 g/mol. The Balaban J connectivity index is 2.14. The van der Waals surface area contributed by atoms with Crippen molar-refractivity contribution in [3.05, 3.63) is 60.3 Å². The smallest absolute Gasteiger partial charge is 0.267 e. The molecule has 0 aromatic heterocycles. The van der Waals surface area contributed by atoms with E-state index in [4.69, 9.17) is 5.73 Å². The first-order valence-electron chi connectivity index (χ1n) is 6.80. The normalized spacial score (nSPS) is 10.7. The number of rotatable bonds is 4. The number of nitrogens with one attached hydrogen (secondary N) is 1. The number of anilines is 3. The zero-order chi connectivity index (χ0) is 16.8. The van der Waals surface area contributed by atoms with Gasteiger partial charge in [-0.05, 0) is 48.5 Å². The Bertz CT molecular complexity index is 759. The highest BCUT2D eigenvalue weighted by atomic mass is 16.3. The van der Waals surface area contributed by atoms with Crippen molar-refractivity contribution < 1.29 is 9.90 Å². The quantitative estimate of drug-likeness (QED) is 0.457. The molecule has 6 heteroatoms. The molecule has 2 rings (SSSR count). The highest BCUT2D eigenvalue weighted by Crippen LogP contribution is 2.18. The Morgan fingerprint density at radius 3 is 2.39 bits per heavy atom. The molecule has 1 amide bonds. The molecule has 4 N–H and O–H groups in total. The number of nitriles is 1. The molecule has 0 saturated carbocycles. The zero-order valence-corrected chi connectivity index (χ0v) is 12.5. The summed E-state index contributed by atoms with van der Waals surface area (Å²) in [5.41, 5.74) is 7.41. The summed E-state index contributed by atoms with van der Waals surface area (Å²) in [5.74, 6) is -0.365. The number of carbonyl (C=O) groups is 1. The van der Waals surface area contributed by atoms with Crippen LogP contribution >= 0.6 is 0 Å². The molecule has 2 aromatic carbocycles. The highest BCUT2D eigenvalue weighted by molar-refractivity contribution is 6.06. The predicted molar refractivity (Wildman–Crippen MR) is 89.7 cm³/mol. The number of carbonyl (C=O) groups excluding carboxylic acids is 1. The van der Waals surface area contributed by atoms with Gasteiger partial charge in [-0.2, -0.15) is 5.26 Å². The number of benzene rings is 2. The SMILES string of the molecule is CN(/C=C(/C#N)C(=O)Nc1ccc(N)cc1)c1ccc(O)cc1. The van der Waals surface area contributed by atoms with Gasteiger partial charge in [0.15, 0.2) is 0 Å². The Hall–Kier alpha value is -3.46. The van der Waals surface area contributed by atoms with Crippen LogP contribution in [0, 0.1) is 11.3 Å². The van der Waals surface area contributed by atoms with E-state index in [2.05, 4.69) is 5.32 Å². The molecule has 23 heavy (non-hydrogen) atoms. The van der Waals surface area contributed by atoms with E-state index < -0.39 is 5.91 Å². The molecule has 0 unspecified atom stereocenters. The summed E-state index contributed by atoms with van der Waals surface area (Å²) in [5, 5.41) is 21.1. The van der Waals surface area contributed by atoms with Crippen molar-refractivity contribution in [2.75, 3.05) is 23.0 Å². The molecule has 6 nitrogen and oxygen atoms in total. The van der Waals surface area contributed by atoms with Crippen molar-refractivity contribution in [3.63, 3.8) is 0 Å². The van der Waals surface area contributed by atoms with Crippen LogP contribution in [0.5, 0.6) is 5.75 Å². The standard InChI is InChI=1S/C17H16N4O2/c1-21(15-6-8-16(22)9-7-15)11-12(10-18)17(23)20-14-4-2-13(19)3-5-14/h2-9,11,22H,19H2,1H3,(H,20,23)/b12-11-. The van der Waals surface area contributed by atoms with E-state index in [0.717, 1.165) is 5.69 Å². The number of nitrogens with zero attached hydrogens (tertiary/aromatic N) is 2. The molecule has 0 radical (unpaired) electrons. The van der Waals surface area contributed by atoms with Crippen LogP contribution in [0.4, 0.5) is 17.1 Å². The fourth-order valence-corrected chi connectivity index (χ4v) is 1.86. The van der Waals surface area contributed by atoms with Crippen LogP contribution in [0.15, 0.2) is 60.3 Å². The summed E-state index contributed by atoms with van der Waals surface area (Å²) in [7, 11) is 1.71. The van der Waals surface area contributed by atoms with E-state index in [1.807, 2.05) is 6.07 Å². The second-order valence-electron chi connectivity index (χ2n) is 4.86. The van der Waals surface area contributed by atoms with Crippen molar-refractivity contribution in [2.45, 2.75) is 0 Å². The van der Waals surface area contributed by atoms with Gasteiger partial charge in [0, 0.05) is 30.3 Å². The van der Waals surface area contributed by atoms with Gasteiger partial charge in [0.25, 0.3) is 5.91 Å². The first kappa shape index (κ1) is 15.9. The Morgan fingerprint density at radius 2 is 1.83 bits per heavy atom. The molecule has 0 bridgehead atoms. The van der Waals surface area contributed by atoms with Crippen LogP contribution in [0.1, 0.15) is 0 Å². The van der Waals surface area contributed by atoms with Crippen molar-refractivity contribution in [2.24, 2.45) is 0 Å². The molecule has 0 atom stereocenters. The van der Waals surface area contributed by atoms with Crippen LogP contribution < -0.4 is 16.0 Å². The number of nitrogen functional groups attached to an aromatic ring is 1. The maximum Gasteiger partial charge on any atom is 0.267 e. The van der Waals surface area contributed by atoms with Gasteiger partial charge >= 0.3 is 0 Å². The third-order valence-electron chi connectivity index (χ3n) is 3.11. The fraction of sp³-hybridized carbons (Fsp3) is 0.0588. The summed E-state index contributed by atoms with van der Waals surface area (Å²) in [6.07, 6.45) is 1.43. The zero-order valence-electron chi connectivity index (χ0n) is 12.5. The van der Waals surface area contributed by atoms with Crippen LogP contribution in [0.3, 0.4) is 0 Å². The van der Waals surface area contributed by atoms with E-state index in [1.54, 1.807) is 48.3 Å². The second-order valence-corrected chi connectivity index (χ2v) is 4.86. The van der Waals surface area contributed by atoms with Gasteiger partial charge in [-0.25, -0.2) is 0 Å². The van der Waals surface area contributed by atoms with E-state index >= 15 is 0 Å². The minimum Gasteiger partial charge on any atom is -0.508 e. The largest absolute Gasteiger partial charge is 0.508 e. The lowest BCUT2D eigenvalue weighted by molar-refractivity contribution is -0.112. The minimum atomic E-state index is -0.511. The van der Waals surface area contributed by atoms with Crippen LogP contribution in [0.25, 0.3) is 0 Å². The fourth-order valence-electron chi connectivity index (χ4n) is 1.86. The maximum atomic E-state index is 12.1. The highest BCUT2D eigenvalue weighted by Gasteiger charge is 2.11. The van der Waals surface area contributed by atoms with Crippen molar-refractivity contribution in [1.29, 1.82) is 5.26 Å². The molecule has 0 heterocycles. The number of hydrogen-bond donors (Lipinski definition) is 3. The van der Waals surface area contributed by atoms with Gasteiger partial charge in [-0.1, -0.05) is 0 Å². The average Bonchev–Trinajstić information content (AvgIpc) is 2.55. The topological polar surface area (TPSA) is 102 Å². The number of phenolic OH excluding ortho intramolecular Hbond substituents is 1. The van der Waals surface area contributed by atoms with E-state index in [1.165, 1.54) is 18.3 Å². The van der Waals surface area contributed by atoms with Crippen LogP contribution in [-0.4, -0.2) is 18.1 Å². The van der Waals surface area contributed by atoms with Gasteiger partial charge in [-0.15, -0.1) is 0 Å². The monoisotopic (exact) mass is 308 g/mol. The predicted octanol–water partition coefficient (Wildman–Crippen LogP) is 2.46. The van der Waals surface area contributed by atoms with Gasteiger partial charge in [0.1, 0.15) is 17.4 Å². The molecule has 0 fully saturated rings. The van der Waals surface area contributed by atoms with Gasteiger partial charge in [-0.3, -0.25) is 4.79 Å². The number of aromatic hydroxyl groups is 1. The van der Waals surface area contributed by atoms with E-state index in [-0.39, 0.29) is 11.3 Å². The van der Waals surface area contributed by atoms with Crippen LogP contribution in [0.2, 0.25) is 0 Å². The van der Waals surface area contributed by atoms with Gasteiger partial charge in [0.2, 0.25) is 0 Å². The molecule has 0 saturated heterocycles. The lowest BCUT2D eigenvalue weighted by atomic mass is 10.2. The molecule has 116 valence electrons. The lowest BCUT2D eigenvalue weighted by Crippen LogP contribution is -2.17. The van der Waals surface area contributed by atoms with Crippen LogP contribution in [-0.2, 0) is 4.79 Å². The first-order chi connectivity index (χ1) is 11.0. The van der Waals surface area contributed by atoms with Crippen molar-refractivity contribution >= 4 is 23.0 Å². The second kappa shape index (κ2) is 7.00. The maximum absolute atomic E-state index is 12.1. The van der Waals surface area contributed by atoms with Gasteiger partial charge in [0.05, 0.1) is 0 Å². The number of phenols is 1. The molecular formula is C17H16N4O2. The Morgan fingerprint density at radius 1 is 1.22 bits per heavy atom. The van der Waals surface area contributed by atoms with Crippen molar-refractivity contribution in [1.82, 2.24) is 0 Å². The summed E-state index contributed by atoms with van der Waals surface area (Å²) < 4.78 is 0. The summed E-state index contributed by atoms with van der Waals surface area (Å²) in [6.45, 7) is 0. The minimum absolute atomic E-state index is 0.0441. The molecule has 0 aliphatic carbocycles. The number of hydrogen-bond acceptors (Lipinski definition) is 5. The third-order valence-corrected chi connectivity index (χ3v) is 3.11. The Labute approximate surface area is 134 Å². The molecule has 0 aliphatic rings. The summed E-state index contributed by atoms with van der Waals surface area (Å²) >= 11 is 0.